The van der Waals surface area contributed by atoms with Gasteiger partial charge in [0.2, 0.25) is 11.8 Å². The molecule has 1 aromatic heterocycles. The predicted molar refractivity (Wildman–Crippen MR) is 77.7 cm³/mol. The van der Waals surface area contributed by atoms with E-state index in [1.165, 1.54) is 5.56 Å². The number of nitrogens with one attached hydrogen (secondary N) is 1. The van der Waals surface area contributed by atoms with Crippen LogP contribution in [0.15, 0.2) is 28.8 Å². The van der Waals surface area contributed by atoms with Gasteiger partial charge in [0, 0.05) is 0 Å². The SMILES string of the molecule is Cc1noc([C@H](C)NC(=O)[C@H]2CCCc3ccccc32)n1. The summed E-state index contributed by atoms with van der Waals surface area (Å²) in [5.74, 6) is 0.978. The Balaban J connectivity index is 1.74. The molecule has 0 saturated carbocycles. The van der Waals surface area contributed by atoms with E-state index in [0.717, 1.165) is 24.8 Å². The van der Waals surface area contributed by atoms with Crippen LogP contribution in [0.3, 0.4) is 0 Å². The van der Waals surface area contributed by atoms with Crippen LogP contribution in [0.4, 0.5) is 0 Å². The number of carbonyl (C=O) groups is 1. The Bertz CT molecular complexity index is 650. The lowest BCUT2D eigenvalue weighted by Crippen LogP contribution is -2.33. The molecule has 1 heterocycles. The zero-order chi connectivity index (χ0) is 14.8. The normalized spacial score (nSPS) is 18.9. The van der Waals surface area contributed by atoms with Crippen molar-refractivity contribution >= 4 is 5.91 Å². The molecule has 0 radical (unpaired) electrons. The molecule has 0 unspecified atom stereocenters. The van der Waals surface area contributed by atoms with Gasteiger partial charge in [-0.3, -0.25) is 4.79 Å². The number of hydrogen-bond acceptors (Lipinski definition) is 4. The summed E-state index contributed by atoms with van der Waals surface area (Å²) in [6.07, 6.45) is 2.99. The predicted octanol–water partition coefficient (Wildman–Crippen LogP) is 2.68. The lowest BCUT2D eigenvalue weighted by molar-refractivity contribution is -0.123. The van der Waals surface area contributed by atoms with Crippen LogP contribution in [0.25, 0.3) is 0 Å². The van der Waals surface area contributed by atoms with Crippen LogP contribution in [-0.2, 0) is 11.2 Å². The second kappa shape index (κ2) is 5.68. The van der Waals surface area contributed by atoms with Crippen LogP contribution in [0.2, 0.25) is 0 Å². The summed E-state index contributed by atoms with van der Waals surface area (Å²) in [6.45, 7) is 3.62. The van der Waals surface area contributed by atoms with Crippen LogP contribution in [0.5, 0.6) is 0 Å². The van der Waals surface area contributed by atoms with Crippen LogP contribution in [-0.4, -0.2) is 16.0 Å². The highest BCUT2D eigenvalue weighted by atomic mass is 16.5. The van der Waals surface area contributed by atoms with Crippen molar-refractivity contribution in [1.82, 2.24) is 15.5 Å². The van der Waals surface area contributed by atoms with Crippen molar-refractivity contribution in [2.45, 2.75) is 45.1 Å². The van der Waals surface area contributed by atoms with Gasteiger partial charge in [0.15, 0.2) is 5.82 Å². The van der Waals surface area contributed by atoms with Crippen molar-refractivity contribution in [2.75, 3.05) is 0 Å². The maximum Gasteiger partial charge on any atom is 0.248 e. The van der Waals surface area contributed by atoms with Crippen molar-refractivity contribution < 1.29 is 9.32 Å². The molecule has 21 heavy (non-hydrogen) atoms. The zero-order valence-electron chi connectivity index (χ0n) is 12.3. The fraction of sp³-hybridized carbons (Fsp3) is 0.438. The number of fused-ring (bicyclic) bond motifs is 1. The molecule has 0 bridgehead atoms. The first-order valence-corrected chi connectivity index (χ1v) is 7.33. The van der Waals surface area contributed by atoms with E-state index in [-0.39, 0.29) is 17.9 Å². The second-order valence-electron chi connectivity index (χ2n) is 5.55. The molecule has 2 aromatic rings. The minimum atomic E-state index is -0.271. The third-order valence-electron chi connectivity index (χ3n) is 3.96. The maximum absolute atomic E-state index is 12.6. The highest BCUT2D eigenvalue weighted by Crippen LogP contribution is 2.32. The number of rotatable bonds is 3. The van der Waals surface area contributed by atoms with E-state index < -0.39 is 0 Å². The van der Waals surface area contributed by atoms with E-state index in [0.29, 0.717) is 11.7 Å². The van der Waals surface area contributed by atoms with Crippen LogP contribution < -0.4 is 5.32 Å². The molecule has 1 aliphatic carbocycles. The van der Waals surface area contributed by atoms with Gasteiger partial charge in [-0.1, -0.05) is 29.4 Å². The number of nitrogens with zero attached hydrogens (tertiary/aromatic N) is 2. The summed E-state index contributed by atoms with van der Waals surface area (Å²) in [4.78, 5) is 16.7. The molecule has 3 rings (SSSR count). The maximum atomic E-state index is 12.6. The lowest BCUT2D eigenvalue weighted by atomic mass is 9.82. The molecule has 0 fully saturated rings. The standard InChI is InChI=1S/C16H19N3O2/c1-10(16-18-11(2)19-21-16)17-15(20)14-9-5-7-12-6-3-4-8-13(12)14/h3-4,6,8,10,14H,5,7,9H2,1-2H3,(H,17,20)/t10-,14-/m0/s1. The highest BCUT2D eigenvalue weighted by molar-refractivity contribution is 5.84. The van der Waals surface area contributed by atoms with Gasteiger partial charge >= 0.3 is 0 Å². The molecule has 0 aliphatic heterocycles. The summed E-state index contributed by atoms with van der Waals surface area (Å²) in [5.41, 5.74) is 2.43. The molecule has 2 atom stereocenters. The number of hydrogen-bond donors (Lipinski definition) is 1. The largest absolute Gasteiger partial charge is 0.344 e. The Morgan fingerprint density at radius 2 is 2.24 bits per heavy atom. The van der Waals surface area contributed by atoms with Crippen molar-refractivity contribution in [2.24, 2.45) is 0 Å². The van der Waals surface area contributed by atoms with E-state index in [1.807, 2.05) is 19.1 Å². The van der Waals surface area contributed by atoms with Gasteiger partial charge in [0.05, 0.1) is 5.92 Å². The Morgan fingerprint density at radius 1 is 1.43 bits per heavy atom. The number of benzene rings is 1. The van der Waals surface area contributed by atoms with Gasteiger partial charge in [-0.2, -0.15) is 4.98 Å². The average molecular weight is 285 g/mol. The minimum absolute atomic E-state index is 0.0329. The Morgan fingerprint density at radius 3 is 3.00 bits per heavy atom. The van der Waals surface area contributed by atoms with Gasteiger partial charge in [-0.25, -0.2) is 0 Å². The minimum Gasteiger partial charge on any atom is -0.344 e. The first-order valence-electron chi connectivity index (χ1n) is 7.33. The van der Waals surface area contributed by atoms with E-state index in [4.69, 9.17) is 4.52 Å². The first-order chi connectivity index (χ1) is 10.1. The van der Waals surface area contributed by atoms with Gasteiger partial charge in [-0.15, -0.1) is 0 Å². The molecule has 5 heteroatoms. The molecule has 5 nitrogen and oxygen atoms in total. The Labute approximate surface area is 123 Å². The second-order valence-corrected chi connectivity index (χ2v) is 5.55. The Kier molecular flexibility index (Phi) is 3.73. The van der Waals surface area contributed by atoms with E-state index in [2.05, 4.69) is 27.6 Å². The molecule has 1 N–H and O–H groups in total. The summed E-state index contributed by atoms with van der Waals surface area (Å²) in [7, 11) is 0. The Hall–Kier alpha value is -2.17. The number of aromatic nitrogens is 2. The van der Waals surface area contributed by atoms with Gasteiger partial charge in [-0.05, 0) is 44.2 Å². The molecule has 110 valence electrons. The van der Waals surface area contributed by atoms with Crippen molar-refractivity contribution in [3.63, 3.8) is 0 Å². The van der Waals surface area contributed by atoms with Crippen LogP contribution in [0.1, 0.15) is 54.6 Å². The topological polar surface area (TPSA) is 68.0 Å². The lowest BCUT2D eigenvalue weighted by Gasteiger charge is -2.25. The number of carbonyl (C=O) groups excluding carboxylic acids is 1. The van der Waals surface area contributed by atoms with Gasteiger partial charge in [0.1, 0.15) is 6.04 Å². The molecular formula is C16H19N3O2. The third kappa shape index (κ3) is 2.82. The molecular weight excluding hydrogens is 266 g/mol. The molecule has 1 aliphatic rings. The van der Waals surface area contributed by atoms with Gasteiger partial charge < -0.3 is 9.84 Å². The van der Waals surface area contributed by atoms with Crippen molar-refractivity contribution in [3.05, 3.63) is 47.1 Å². The summed E-state index contributed by atoms with van der Waals surface area (Å²) < 4.78 is 5.11. The smallest absolute Gasteiger partial charge is 0.248 e. The van der Waals surface area contributed by atoms with Crippen molar-refractivity contribution in [1.29, 1.82) is 0 Å². The third-order valence-corrected chi connectivity index (χ3v) is 3.96. The molecule has 1 amide bonds. The summed E-state index contributed by atoms with van der Waals surface area (Å²) in [6, 6.07) is 7.92. The van der Waals surface area contributed by atoms with Crippen molar-refractivity contribution in [3.8, 4) is 0 Å². The van der Waals surface area contributed by atoms with Crippen LogP contribution in [0, 0.1) is 6.92 Å². The monoisotopic (exact) mass is 285 g/mol. The average Bonchev–Trinajstić information content (AvgIpc) is 2.93. The molecule has 0 saturated heterocycles. The first kappa shape index (κ1) is 13.8. The van der Waals surface area contributed by atoms with E-state index in [9.17, 15) is 4.79 Å². The van der Waals surface area contributed by atoms with Crippen LogP contribution >= 0.6 is 0 Å². The van der Waals surface area contributed by atoms with E-state index in [1.54, 1.807) is 6.92 Å². The van der Waals surface area contributed by atoms with E-state index >= 15 is 0 Å². The van der Waals surface area contributed by atoms with Gasteiger partial charge in [0.25, 0.3) is 0 Å². The number of aryl methyl sites for hydroxylation is 2. The summed E-state index contributed by atoms with van der Waals surface area (Å²) >= 11 is 0. The molecule has 0 spiro atoms. The number of amides is 1. The summed E-state index contributed by atoms with van der Waals surface area (Å²) in [5, 5.41) is 6.74. The molecule has 1 aromatic carbocycles. The quantitative estimate of drug-likeness (QED) is 0.941. The highest BCUT2D eigenvalue weighted by Gasteiger charge is 2.28. The fourth-order valence-electron chi connectivity index (χ4n) is 2.89. The zero-order valence-corrected chi connectivity index (χ0v) is 12.3. The fourth-order valence-corrected chi connectivity index (χ4v) is 2.89.